The van der Waals surface area contributed by atoms with Crippen molar-refractivity contribution in [1.82, 2.24) is 9.78 Å². The molecule has 0 aliphatic rings. The van der Waals surface area contributed by atoms with Crippen molar-refractivity contribution < 1.29 is 5.11 Å². The molecule has 0 aliphatic carbocycles. The van der Waals surface area contributed by atoms with E-state index in [1.54, 1.807) is 6.07 Å². The first-order valence-corrected chi connectivity index (χ1v) is 3.86. The molecule has 1 heterocycles. The molecule has 0 radical (unpaired) electrons. The maximum Gasteiger partial charge on any atom is 0.153 e. The summed E-state index contributed by atoms with van der Waals surface area (Å²) < 4.78 is 1.53. The number of nitrogens with zero attached hydrogens (tertiary/aromatic N) is 2. The molecule has 13 heavy (non-hydrogen) atoms. The van der Waals surface area contributed by atoms with Gasteiger partial charge in [-0.15, -0.1) is 0 Å². The molecule has 0 saturated heterocycles. The quantitative estimate of drug-likeness (QED) is 0.639. The van der Waals surface area contributed by atoms with Gasteiger partial charge >= 0.3 is 0 Å². The first-order valence-electron chi connectivity index (χ1n) is 3.86. The Morgan fingerprint density at radius 2 is 2.08 bits per heavy atom. The van der Waals surface area contributed by atoms with Crippen LogP contribution >= 0.6 is 0 Å². The summed E-state index contributed by atoms with van der Waals surface area (Å²) >= 11 is 0. The average molecular weight is 175 g/mol. The van der Waals surface area contributed by atoms with Crippen LogP contribution in [0.4, 0.5) is 5.69 Å². The number of para-hydroxylation sites is 2. The van der Waals surface area contributed by atoms with Crippen LogP contribution in [0.2, 0.25) is 0 Å². The van der Waals surface area contributed by atoms with E-state index >= 15 is 0 Å². The fraction of sp³-hybridized carbons (Fsp3) is 0. The monoisotopic (exact) mass is 175 g/mol. The predicted octanol–water partition coefficient (Wildman–Crippen LogP) is 1.16. The van der Waals surface area contributed by atoms with E-state index < -0.39 is 0 Å². The zero-order valence-corrected chi connectivity index (χ0v) is 6.88. The van der Waals surface area contributed by atoms with E-state index in [4.69, 9.17) is 10.8 Å². The lowest BCUT2D eigenvalue weighted by Gasteiger charge is -2.03. The van der Waals surface area contributed by atoms with Crippen LogP contribution in [0.3, 0.4) is 0 Å². The average Bonchev–Trinajstić information content (AvgIpc) is 2.53. The van der Waals surface area contributed by atoms with Crippen molar-refractivity contribution in [2.75, 3.05) is 5.73 Å². The van der Waals surface area contributed by atoms with Gasteiger partial charge in [0.2, 0.25) is 0 Å². The van der Waals surface area contributed by atoms with Gasteiger partial charge in [-0.2, -0.15) is 5.10 Å². The van der Waals surface area contributed by atoms with Crippen molar-refractivity contribution in [3.63, 3.8) is 0 Å². The van der Waals surface area contributed by atoms with Crippen molar-refractivity contribution >= 4 is 5.69 Å². The molecular formula is C9H9N3O. The summed E-state index contributed by atoms with van der Waals surface area (Å²) in [5.41, 5.74) is 7.12. The molecule has 0 spiro atoms. The highest BCUT2D eigenvalue weighted by molar-refractivity contribution is 5.57. The molecule has 0 amide bonds. The second-order valence-corrected chi connectivity index (χ2v) is 2.70. The summed E-state index contributed by atoms with van der Waals surface area (Å²) in [5, 5.41) is 13.0. The van der Waals surface area contributed by atoms with Gasteiger partial charge in [-0.1, -0.05) is 12.1 Å². The Balaban J connectivity index is 2.52. The van der Waals surface area contributed by atoms with Crippen molar-refractivity contribution in [1.29, 1.82) is 0 Å². The summed E-state index contributed by atoms with van der Waals surface area (Å²) in [6, 6.07) is 7.34. The molecule has 0 aliphatic heterocycles. The Bertz CT molecular complexity index is 422. The van der Waals surface area contributed by atoms with E-state index in [0.717, 1.165) is 5.69 Å². The third kappa shape index (κ3) is 1.33. The number of nitrogen functional groups attached to an aromatic ring is 1. The molecule has 0 unspecified atom stereocenters. The van der Waals surface area contributed by atoms with Gasteiger partial charge in [0.25, 0.3) is 0 Å². The number of aromatic nitrogens is 2. The predicted molar refractivity (Wildman–Crippen MR) is 49.6 cm³/mol. The maximum atomic E-state index is 9.08. The maximum absolute atomic E-state index is 9.08. The Morgan fingerprint density at radius 3 is 2.69 bits per heavy atom. The lowest BCUT2D eigenvalue weighted by Crippen LogP contribution is -1.98. The molecule has 1 aromatic carbocycles. The number of rotatable bonds is 1. The second kappa shape index (κ2) is 2.82. The van der Waals surface area contributed by atoms with Crippen molar-refractivity contribution in [2.45, 2.75) is 0 Å². The Hall–Kier alpha value is -1.97. The number of nitrogens with two attached hydrogens (primary N) is 1. The minimum atomic E-state index is 0.128. The lowest BCUT2D eigenvalue weighted by molar-refractivity contribution is 0.475. The van der Waals surface area contributed by atoms with E-state index in [2.05, 4.69) is 5.10 Å². The number of hydrogen-bond acceptors (Lipinski definition) is 3. The zero-order valence-electron chi connectivity index (χ0n) is 6.88. The topological polar surface area (TPSA) is 64.1 Å². The van der Waals surface area contributed by atoms with Crippen LogP contribution in [0.15, 0.2) is 36.7 Å². The molecular weight excluding hydrogens is 166 g/mol. The van der Waals surface area contributed by atoms with Crippen LogP contribution in [-0.2, 0) is 0 Å². The molecule has 2 aromatic rings. The summed E-state index contributed by atoms with van der Waals surface area (Å²) in [7, 11) is 0. The van der Waals surface area contributed by atoms with E-state index in [9.17, 15) is 0 Å². The van der Waals surface area contributed by atoms with Crippen LogP contribution in [0.5, 0.6) is 5.75 Å². The van der Waals surface area contributed by atoms with Gasteiger partial charge in [-0.05, 0) is 12.1 Å². The molecule has 4 heteroatoms. The third-order valence-electron chi connectivity index (χ3n) is 1.75. The number of hydrogen-bond donors (Lipinski definition) is 2. The van der Waals surface area contributed by atoms with Crippen LogP contribution in [0, 0.1) is 0 Å². The fourth-order valence-electron chi connectivity index (χ4n) is 1.14. The standard InChI is InChI=1S/C9H9N3O/c10-8-3-1-2-4-9(8)12-6-7(13)5-11-12/h1-6,13H,10H2. The molecule has 0 bridgehead atoms. The molecule has 2 rings (SSSR count). The molecule has 4 nitrogen and oxygen atoms in total. The van der Waals surface area contributed by atoms with Gasteiger partial charge in [-0.25, -0.2) is 4.68 Å². The lowest BCUT2D eigenvalue weighted by atomic mass is 10.3. The van der Waals surface area contributed by atoms with Crippen molar-refractivity contribution in [3.05, 3.63) is 36.7 Å². The first-order chi connectivity index (χ1) is 6.27. The second-order valence-electron chi connectivity index (χ2n) is 2.70. The Kier molecular flexibility index (Phi) is 1.66. The first kappa shape index (κ1) is 7.67. The van der Waals surface area contributed by atoms with Gasteiger partial charge in [0.05, 0.1) is 23.8 Å². The minimum Gasteiger partial charge on any atom is -0.505 e. The van der Waals surface area contributed by atoms with Gasteiger partial charge in [0, 0.05) is 0 Å². The highest BCUT2D eigenvalue weighted by Crippen LogP contribution is 2.17. The molecule has 1 aromatic heterocycles. The van der Waals surface area contributed by atoms with Gasteiger partial charge in [0.15, 0.2) is 5.75 Å². The summed E-state index contributed by atoms with van der Waals surface area (Å²) in [5.74, 6) is 0.128. The Morgan fingerprint density at radius 1 is 1.31 bits per heavy atom. The van der Waals surface area contributed by atoms with Crippen molar-refractivity contribution in [2.24, 2.45) is 0 Å². The smallest absolute Gasteiger partial charge is 0.153 e. The minimum absolute atomic E-state index is 0.128. The van der Waals surface area contributed by atoms with E-state index in [-0.39, 0.29) is 5.75 Å². The summed E-state index contributed by atoms with van der Waals surface area (Å²) in [6.07, 6.45) is 2.87. The summed E-state index contributed by atoms with van der Waals surface area (Å²) in [4.78, 5) is 0. The van der Waals surface area contributed by atoms with Crippen LogP contribution < -0.4 is 5.73 Å². The molecule has 3 N–H and O–H groups in total. The van der Waals surface area contributed by atoms with Crippen LogP contribution in [0.25, 0.3) is 5.69 Å². The van der Waals surface area contributed by atoms with E-state index in [0.29, 0.717) is 5.69 Å². The number of anilines is 1. The van der Waals surface area contributed by atoms with Crippen molar-refractivity contribution in [3.8, 4) is 11.4 Å². The fourth-order valence-corrected chi connectivity index (χ4v) is 1.14. The molecule has 0 atom stereocenters. The van der Waals surface area contributed by atoms with Gasteiger partial charge < -0.3 is 10.8 Å². The highest BCUT2D eigenvalue weighted by Gasteiger charge is 2.01. The molecule has 0 fully saturated rings. The van der Waals surface area contributed by atoms with Gasteiger partial charge in [0.1, 0.15) is 0 Å². The zero-order chi connectivity index (χ0) is 9.26. The Labute approximate surface area is 75.2 Å². The SMILES string of the molecule is Nc1ccccc1-n1cc(O)cn1. The van der Waals surface area contributed by atoms with E-state index in [1.165, 1.54) is 17.1 Å². The highest BCUT2D eigenvalue weighted by atomic mass is 16.3. The number of aromatic hydroxyl groups is 1. The molecule has 66 valence electrons. The third-order valence-corrected chi connectivity index (χ3v) is 1.75. The summed E-state index contributed by atoms with van der Waals surface area (Å²) in [6.45, 7) is 0. The molecule has 0 saturated carbocycles. The van der Waals surface area contributed by atoms with Crippen LogP contribution in [0.1, 0.15) is 0 Å². The largest absolute Gasteiger partial charge is 0.505 e. The van der Waals surface area contributed by atoms with Gasteiger partial charge in [-0.3, -0.25) is 0 Å². The normalized spacial score (nSPS) is 10.2. The van der Waals surface area contributed by atoms with E-state index in [1.807, 2.05) is 18.2 Å². The number of benzene rings is 1. The van der Waals surface area contributed by atoms with Crippen LogP contribution in [-0.4, -0.2) is 14.9 Å².